The van der Waals surface area contributed by atoms with Gasteiger partial charge in [0, 0.05) is 5.69 Å². The van der Waals surface area contributed by atoms with Crippen LogP contribution in [0.2, 0.25) is 0 Å². The highest BCUT2D eigenvalue weighted by molar-refractivity contribution is 5.89. The van der Waals surface area contributed by atoms with Crippen molar-refractivity contribution in [1.29, 1.82) is 5.26 Å². The lowest BCUT2D eigenvalue weighted by Crippen LogP contribution is -2.10. The molecule has 4 aromatic rings. The van der Waals surface area contributed by atoms with E-state index < -0.39 is 11.9 Å². The molecule has 4 heterocycles. The van der Waals surface area contributed by atoms with Crippen molar-refractivity contribution in [3.05, 3.63) is 47.2 Å². The van der Waals surface area contributed by atoms with E-state index in [1.807, 2.05) is 0 Å². The zero-order valence-corrected chi connectivity index (χ0v) is 15.1. The van der Waals surface area contributed by atoms with E-state index in [1.54, 1.807) is 25.1 Å². The second kappa shape index (κ2) is 6.30. The third-order valence-corrected chi connectivity index (χ3v) is 4.12. The minimum Gasteiger partial charge on any atom is -0.460 e. The number of furan rings is 1. The van der Waals surface area contributed by atoms with Crippen LogP contribution in [0, 0.1) is 25.2 Å². The summed E-state index contributed by atoms with van der Waals surface area (Å²) in [5.41, 5.74) is 5.63. The highest BCUT2D eigenvalue weighted by atomic mass is 19.4. The van der Waals surface area contributed by atoms with Gasteiger partial charge >= 0.3 is 6.18 Å². The number of hydrogen-bond acceptors (Lipinski definition) is 7. The molecule has 0 aliphatic heterocycles. The van der Waals surface area contributed by atoms with Gasteiger partial charge in [-0.3, -0.25) is 0 Å². The van der Waals surface area contributed by atoms with E-state index in [0.717, 1.165) is 10.6 Å². The van der Waals surface area contributed by atoms with Gasteiger partial charge in [-0.25, -0.2) is 9.97 Å². The van der Waals surface area contributed by atoms with Crippen LogP contribution in [0.15, 0.2) is 28.7 Å². The van der Waals surface area contributed by atoms with Gasteiger partial charge in [0.2, 0.25) is 5.95 Å². The summed E-state index contributed by atoms with van der Waals surface area (Å²) in [6.07, 6.45) is -4.65. The topological polar surface area (TPSA) is 119 Å². The second-order valence-corrected chi connectivity index (χ2v) is 6.27. The molecular formula is C18H12F3N7O. The van der Waals surface area contributed by atoms with E-state index in [1.165, 1.54) is 13.0 Å². The molecule has 2 N–H and O–H groups in total. The summed E-state index contributed by atoms with van der Waals surface area (Å²) >= 11 is 0. The third-order valence-electron chi connectivity index (χ3n) is 4.12. The fourth-order valence-electron chi connectivity index (χ4n) is 2.97. The summed E-state index contributed by atoms with van der Waals surface area (Å²) in [5, 5.41) is 13.1. The van der Waals surface area contributed by atoms with Crippen LogP contribution in [-0.4, -0.2) is 24.6 Å². The molecule has 146 valence electrons. The number of nitriles is 1. The Bertz CT molecular complexity index is 1300. The molecule has 0 aliphatic rings. The van der Waals surface area contributed by atoms with Gasteiger partial charge in [0.25, 0.3) is 5.82 Å². The van der Waals surface area contributed by atoms with E-state index in [9.17, 15) is 13.2 Å². The lowest BCUT2D eigenvalue weighted by molar-refractivity contribution is -0.141. The van der Waals surface area contributed by atoms with Crippen LogP contribution >= 0.6 is 0 Å². The Kier molecular flexibility index (Phi) is 4.00. The number of rotatable bonds is 2. The number of halogens is 3. The van der Waals surface area contributed by atoms with Crippen molar-refractivity contribution in [2.45, 2.75) is 20.0 Å². The molecule has 0 atom stereocenters. The molecule has 0 unspecified atom stereocenters. The molecule has 0 bridgehead atoms. The number of anilines is 1. The van der Waals surface area contributed by atoms with Crippen molar-refractivity contribution >= 4 is 11.6 Å². The first-order chi connectivity index (χ1) is 13.7. The van der Waals surface area contributed by atoms with E-state index in [4.69, 9.17) is 15.4 Å². The maximum absolute atomic E-state index is 13.3. The van der Waals surface area contributed by atoms with Gasteiger partial charge < -0.3 is 10.2 Å². The molecule has 29 heavy (non-hydrogen) atoms. The molecule has 0 saturated carbocycles. The standard InChI is InChI=1S/C18H12F3N7O/c1-8-5-10(6-12(24-8)18(19,20)21)14-15(11-4-3-9(2)29-11)26-17(23)28-16(14)25-13(7-22)27-28/h3-6H,1-2H3,(H2,23,26). The lowest BCUT2D eigenvalue weighted by Gasteiger charge is -2.13. The second-order valence-electron chi connectivity index (χ2n) is 6.27. The Morgan fingerprint density at radius 2 is 1.90 bits per heavy atom. The Morgan fingerprint density at radius 3 is 2.52 bits per heavy atom. The minimum absolute atomic E-state index is 0.0804. The number of nitrogens with two attached hydrogens (primary N) is 1. The predicted molar refractivity (Wildman–Crippen MR) is 95.3 cm³/mol. The van der Waals surface area contributed by atoms with Gasteiger partial charge in [-0.2, -0.15) is 27.9 Å². The van der Waals surface area contributed by atoms with Gasteiger partial charge in [0.1, 0.15) is 23.2 Å². The van der Waals surface area contributed by atoms with Crippen LogP contribution in [-0.2, 0) is 6.18 Å². The van der Waals surface area contributed by atoms with Crippen LogP contribution in [0.25, 0.3) is 28.2 Å². The van der Waals surface area contributed by atoms with E-state index >= 15 is 0 Å². The van der Waals surface area contributed by atoms with Crippen molar-refractivity contribution in [2.75, 3.05) is 5.73 Å². The summed E-state index contributed by atoms with van der Waals surface area (Å²) in [4.78, 5) is 11.9. The number of hydrogen-bond donors (Lipinski definition) is 1. The Hall–Kier alpha value is -3.94. The highest BCUT2D eigenvalue weighted by Crippen LogP contribution is 2.38. The molecule has 0 aliphatic carbocycles. The molecule has 0 saturated heterocycles. The van der Waals surface area contributed by atoms with Crippen molar-refractivity contribution in [3.8, 4) is 28.7 Å². The fraction of sp³-hybridized carbons (Fsp3) is 0.167. The molecule has 0 spiro atoms. The average Bonchev–Trinajstić information content (AvgIpc) is 3.26. The zero-order chi connectivity index (χ0) is 20.9. The van der Waals surface area contributed by atoms with E-state index in [2.05, 4.69) is 20.1 Å². The first-order valence-corrected chi connectivity index (χ1v) is 8.27. The van der Waals surface area contributed by atoms with Crippen molar-refractivity contribution in [1.82, 2.24) is 24.6 Å². The maximum atomic E-state index is 13.3. The smallest absolute Gasteiger partial charge is 0.433 e. The molecule has 4 aromatic heterocycles. The maximum Gasteiger partial charge on any atom is 0.433 e. The third kappa shape index (κ3) is 3.14. The normalized spacial score (nSPS) is 11.7. The van der Waals surface area contributed by atoms with Crippen LogP contribution in [0.1, 0.15) is 23.0 Å². The molecule has 11 heteroatoms. The Balaban J connectivity index is 2.12. The first-order valence-electron chi connectivity index (χ1n) is 8.27. The molecule has 0 radical (unpaired) electrons. The quantitative estimate of drug-likeness (QED) is 0.547. The number of aromatic nitrogens is 5. The molecule has 0 aromatic carbocycles. The monoisotopic (exact) mass is 399 g/mol. The van der Waals surface area contributed by atoms with Gasteiger partial charge in [0.15, 0.2) is 11.4 Å². The molecular weight excluding hydrogens is 387 g/mol. The lowest BCUT2D eigenvalue weighted by atomic mass is 10.0. The highest BCUT2D eigenvalue weighted by Gasteiger charge is 2.34. The van der Waals surface area contributed by atoms with Gasteiger partial charge in [-0.1, -0.05) is 0 Å². The fourth-order valence-corrected chi connectivity index (χ4v) is 2.97. The minimum atomic E-state index is -4.65. The average molecular weight is 399 g/mol. The van der Waals surface area contributed by atoms with E-state index in [-0.39, 0.29) is 45.7 Å². The van der Waals surface area contributed by atoms with E-state index in [0.29, 0.717) is 5.76 Å². The van der Waals surface area contributed by atoms with Crippen LogP contribution in [0.4, 0.5) is 19.1 Å². The molecule has 0 fully saturated rings. The molecule has 4 rings (SSSR count). The number of fused-ring (bicyclic) bond motifs is 1. The molecule has 0 amide bonds. The zero-order valence-electron chi connectivity index (χ0n) is 15.1. The molecule has 8 nitrogen and oxygen atoms in total. The summed E-state index contributed by atoms with van der Waals surface area (Å²) in [6, 6.07) is 7.45. The van der Waals surface area contributed by atoms with Crippen molar-refractivity contribution < 1.29 is 17.6 Å². The number of aryl methyl sites for hydroxylation is 2. The number of alkyl halides is 3. The first kappa shape index (κ1) is 18.4. The number of pyridine rings is 1. The Morgan fingerprint density at radius 1 is 1.14 bits per heavy atom. The van der Waals surface area contributed by atoms with Gasteiger partial charge in [0.05, 0.1) is 5.56 Å². The van der Waals surface area contributed by atoms with Crippen LogP contribution in [0.3, 0.4) is 0 Å². The van der Waals surface area contributed by atoms with Gasteiger partial charge in [-0.05, 0) is 43.7 Å². The van der Waals surface area contributed by atoms with Crippen LogP contribution in [0.5, 0.6) is 0 Å². The summed E-state index contributed by atoms with van der Waals surface area (Å²) in [7, 11) is 0. The Labute approximate surface area is 161 Å². The largest absolute Gasteiger partial charge is 0.460 e. The van der Waals surface area contributed by atoms with Crippen LogP contribution < -0.4 is 5.73 Å². The predicted octanol–water partition coefficient (Wildman–Crippen LogP) is 3.54. The SMILES string of the molecule is Cc1cc(-c2c(-c3ccc(C)o3)nc(N)n3nc(C#N)nc23)cc(C(F)(F)F)n1. The summed E-state index contributed by atoms with van der Waals surface area (Å²) in [5.74, 6) is 0.571. The number of nitrogens with zero attached hydrogens (tertiary/aromatic N) is 6. The summed E-state index contributed by atoms with van der Waals surface area (Å²) in [6.45, 7) is 3.16. The number of nitrogen functional groups attached to an aromatic ring is 1. The van der Waals surface area contributed by atoms with Gasteiger partial charge in [-0.15, -0.1) is 5.10 Å². The van der Waals surface area contributed by atoms with Crippen molar-refractivity contribution in [2.24, 2.45) is 0 Å². The van der Waals surface area contributed by atoms with Crippen molar-refractivity contribution in [3.63, 3.8) is 0 Å². The summed E-state index contributed by atoms with van der Waals surface area (Å²) < 4.78 is 46.7.